The van der Waals surface area contributed by atoms with Crippen LogP contribution in [0.2, 0.25) is 0 Å². The molecule has 1 aromatic rings. The SMILES string of the molecule is O=C(CCC1CCCCC1)Nc1cc([N+](=O)[O-])ccc1F. The molecular weight excluding hydrogens is 275 g/mol. The highest BCUT2D eigenvalue weighted by Crippen LogP contribution is 2.27. The van der Waals surface area contributed by atoms with E-state index in [0.29, 0.717) is 12.3 Å². The van der Waals surface area contributed by atoms with Crippen LogP contribution in [0.15, 0.2) is 18.2 Å². The lowest BCUT2D eigenvalue weighted by atomic mass is 9.86. The standard InChI is InChI=1S/C15H19FN2O3/c16-13-8-7-12(18(20)21)10-14(13)17-15(19)9-6-11-4-2-1-3-5-11/h7-8,10-11H,1-6,9H2,(H,17,19). The number of hydrogen-bond acceptors (Lipinski definition) is 3. The van der Waals surface area contributed by atoms with Crippen LogP contribution in [0.5, 0.6) is 0 Å². The van der Waals surface area contributed by atoms with Crippen LogP contribution in [0.4, 0.5) is 15.8 Å². The summed E-state index contributed by atoms with van der Waals surface area (Å²) in [6.45, 7) is 0. The second-order valence-electron chi connectivity index (χ2n) is 5.51. The number of nitro groups is 1. The lowest BCUT2D eigenvalue weighted by molar-refractivity contribution is -0.384. The van der Waals surface area contributed by atoms with Gasteiger partial charge in [-0.1, -0.05) is 32.1 Å². The highest BCUT2D eigenvalue weighted by atomic mass is 19.1. The van der Waals surface area contributed by atoms with Gasteiger partial charge in [-0.15, -0.1) is 0 Å². The summed E-state index contributed by atoms with van der Waals surface area (Å²) in [7, 11) is 0. The molecule has 0 aliphatic heterocycles. The topological polar surface area (TPSA) is 72.2 Å². The molecule has 1 aromatic carbocycles. The first-order chi connectivity index (χ1) is 10.1. The van der Waals surface area contributed by atoms with Crippen LogP contribution in [0, 0.1) is 21.8 Å². The lowest BCUT2D eigenvalue weighted by Crippen LogP contribution is -2.15. The van der Waals surface area contributed by atoms with Gasteiger partial charge in [-0.25, -0.2) is 4.39 Å². The van der Waals surface area contributed by atoms with Crippen molar-refractivity contribution >= 4 is 17.3 Å². The molecule has 21 heavy (non-hydrogen) atoms. The molecule has 0 saturated heterocycles. The summed E-state index contributed by atoms with van der Waals surface area (Å²) in [6.07, 6.45) is 7.12. The van der Waals surface area contributed by atoms with Crippen molar-refractivity contribution in [2.75, 3.05) is 5.32 Å². The third-order valence-corrected chi connectivity index (χ3v) is 3.94. The second-order valence-corrected chi connectivity index (χ2v) is 5.51. The van der Waals surface area contributed by atoms with Gasteiger partial charge in [0.15, 0.2) is 0 Å². The summed E-state index contributed by atoms with van der Waals surface area (Å²) < 4.78 is 13.6. The van der Waals surface area contributed by atoms with Gasteiger partial charge in [-0.05, 0) is 18.4 Å². The average molecular weight is 294 g/mol. The predicted octanol–water partition coefficient (Wildman–Crippen LogP) is 4.03. The number of anilines is 1. The molecule has 1 amide bonds. The molecule has 5 nitrogen and oxygen atoms in total. The highest BCUT2D eigenvalue weighted by Gasteiger charge is 2.16. The summed E-state index contributed by atoms with van der Waals surface area (Å²) >= 11 is 0. The maximum absolute atomic E-state index is 13.6. The molecule has 114 valence electrons. The number of rotatable bonds is 5. The Hall–Kier alpha value is -1.98. The van der Waals surface area contributed by atoms with Crippen molar-refractivity contribution < 1.29 is 14.1 Å². The van der Waals surface area contributed by atoms with Crippen LogP contribution in [-0.4, -0.2) is 10.8 Å². The molecule has 6 heteroatoms. The van der Waals surface area contributed by atoms with Gasteiger partial charge >= 0.3 is 0 Å². The van der Waals surface area contributed by atoms with Crippen LogP contribution in [-0.2, 0) is 4.79 Å². The molecule has 2 rings (SSSR count). The van der Waals surface area contributed by atoms with Crippen LogP contribution >= 0.6 is 0 Å². The monoisotopic (exact) mass is 294 g/mol. The minimum atomic E-state index is -0.661. The second kappa shape index (κ2) is 7.15. The Morgan fingerprint density at radius 2 is 2.05 bits per heavy atom. The van der Waals surface area contributed by atoms with Gasteiger partial charge in [0.1, 0.15) is 5.82 Å². The van der Waals surface area contributed by atoms with Gasteiger partial charge in [0, 0.05) is 18.6 Å². The molecule has 1 aliphatic rings. The Balaban J connectivity index is 1.89. The van der Waals surface area contributed by atoms with E-state index in [2.05, 4.69) is 5.32 Å². The third kappa shape index (κ3) is 4.51. The van der Waals surface area contributed by atoms with E-state index in [1.165, 1.54) is 19.3 Å². The van der Waals surface area contributed by atoms with Crippen molar-refractivity contribution in [1.82, 2.24) is 0 Å². The van der Waals surface area contributed by atoms with Crippen molar-refractivity contribution in [3.05, 3.63) is 34.1 Å². The van der Waals surface area contributed by atoms with E-state index >= 15 is 0 Å². The van der Waals surface area contributed by atoms with E-state index in [-0.39, 0.29) is 17.3 Å². The number of nitrogens with one attached hydrogen (secondary N) is 1. The van der Waals surface area contributed by atoms with Crippen molar-refractivity contribution in [3.8, 4) is 0 Å². The van der Waals surface area contributed by atoms with Gasteiger partial charge in [-0.3, -0.25) is 14.9 Å². The van der Waals surface area contributed by atoms with Gasteiger partial charge in [0.2, 0.25) is 5.91 Å². The Labute approximate surface area is 122 Å². The van der Waals surface area contributed by atoms with Crippen molar-refractivity contribution in [2.24, 2.45) is 5.92 Å². The molecule has 0 spiro atoms. The number of carbonyl (C=O) groups is 1. The minimum Gasteiger partial charge on any atom is -0.323 e. The Bertz CT molecular complexity index is 528. The maximum atomic E-state index is 13.6. The van der Waals surface area contributed by atoms with Crippen LogP contribution in [0.3, 0.4) is 0 Å². The molecule has 1 fully saturated rings. The number of amides is 1. The molecule has 0 unspecified atom stereocenters. The predicted molar refractivity (Wildman–Crippen MR) is 77.5 cm³/mol. The van der Waals surface area contributed by atoms with E-state index in [9.17, 15) is 19.3 Å². The number of hydrogen-bond donors (Lipinski definition) is 1. The first kappa shape index (κ1) is 15.4. The van der Waals surface area contributed by atoms with Crippen molar-refractivity contribution in [2.45, 2.75) is 44.9 Å². The van der Waals surface area contributed by atoms with Gasteiger partial charge < -0.3 is 5.32 Å². The Kier molecular flexibility index (Phi) is 5.25. The zero-order chi connectivity index (χ0) is 15.2. The number of benzene rings is 1. The molecule has 1 aliphatic carbocycles. The largest absolute Gasteiger partial charge is 0.323 e. The number of nitrogens with zero attached hydrogens (tertiary/aromatic N) is 1. The summed E-state index contributed by atoms with van der Waals surface area (Å²) in [5.41, 5.74) is -0.364. The molecule has 0 radical (unpaired) electrons. The van der Waals surface area contributed by atoms with Crippen LogP contribution in [0.25, 0.3) is 0 Å². The summed E-state index contributed by atoms with van der Waals surface area (Å²) in [6, 6.07) is 3.12. The zero-order valence-electron chi connectivity index (χ0n) is 11.8. The number of nitro benzene ring substituents is 1. The fourth-order valence-electron chi connectivity index (χ4n) is 2.75. The van der Waals surface area contributed by atoms with Crippen LogP contribution in [0.1, 0.15) is 44.9 Å². The van der Waals surface area contributed by atoms with Crippen LogP contribution < -0.4 is 5.32 Å². The molecule has 0 heterocycles. The summed E-state index contributed by atoms with van der Waals surface area (Å²) in [5.74, 6) is -0.383. The molecular formula is C15H19FN2O3. The smallest absolute Gasteiger partial charge is 0.271 e. The highest BCUT2D eigenvalue weighted by molar-refractivity contribution is 5.91. The van der Waals surface area contributed by atoms with E-state index < -0.39 is 10.7 Å². The molecule has 1 N–H and O–H groups in total. The fourth-order valence-corrected chi connectivity index (χ4v) is 2.75. The lowest BCUT2D eigenvalue weighted by Gasteiger charge is -2.21. The van der Waals surface area contributed by atoms with Crippen molar-refractivity contribution in [1.29, 1.82) is 0 Å². The summed E-state index contributed by atoms with van der Waals surface area (Å²) in [4.78, 5) is 21.9. The first-order valence-electron chi connectivity index (χ1n) is 7.30. The minimum absolute atomic E-state index is 0.127. The maximum Gasteiger partial charge on any atom is 0.271 e. The number of halogens is 1. The Morgan fingerprint density at radius 1 is 1.33 bits per heavy atom. The third-order valence-electron chi connectivity index (χ3n) is 3.94. The van der Waals surface area contributed by atoms with Gasteiger partial charge in [-0.2, -0.15) is 0 Å². The van der Waals surface area contributed by atoms with E-state index in [4.69, 9.17) is 0 Å². The number of carbonyl (C=O) groups excluding carboxylic acids is 1. The van der Waals surface area contributed by atoms with E-state index in [1.807, 2.05) is 0 Å². The van der Waals surface area contributed by atoms with Gasteiger partial charge in [0.05, 0.1) is 10.6 Å². The van der Waals surface area contributed by atoms with Crippen molar-refractivity contribution in [3.63, 3.8) is 0 Å². The van der Waals surface area contributed by atoms with Gasteiger partial charge in [0.25, 0.3) is 5.69 Å². The molecule has 0 atom stereocenters. The molecule has 1 saturated carbocycles. The van der Waals surface area contributed by atoms with E-state index in [0.717, 1.165) is 37.5 Å². The molecule has 0 aromatic heterocycles. The Morgan fingerprint density at radius 3 is 2.71 bits per heavy atom. The zero-order valence-corrected chi connectivity index (χ0v) is 11.8. The number of non-ortho nitro benzene ring substituents is 1. The first-order valence-corrected chi connectivity index (χ1v) is 7.30. The summed E-state index contributed by atoms with van der Waals surface area (Å²) in [5, 5.41) is 13.1. The normalized spacial score (nSPS) is 15.7. The quantitative estimate of drug-likeness (QED) is 0.658. The fraction of sp³-hybridized carbons (Fsp3) is 0.533. The molecule has 0 bridgehead atoms. The van der Waals surface area contributed by atoms with E-state index in [1.54, 1.807) is 0 Å². The average Bonchev–Trinajstić information content (AvgIpc) is 2.48.